The standard InChI is InChI=1S/C25H26N6O4/c1-15-7-8-21(33-3)18(12-15)24-28-23(29-35-24)19-6-5-11-30(19)25(32)17-14-22(34-4)16(2)13-20(17)31-26-9-10-27-31/h7-10,12-14,19H,5-6,11H2,1-4H3/t19-/m0/s1. The number of ether oxygens (including phenoxy) is 2. The molecule has 1 amide bonds. The number of aromatic nitrogens is 5. The number of benzene rings is 2. The molecule has 0 bridgehead atoms. The monoisotopic (exact) mass is 474 g/mol. The van der Waals surface area contributed by atoms with Crippen molar-refractivity contribution in [1.29, 1.82) is 0 Å². The van der Waals surface area contributed by atoms with Crippen molar-refractivity contribution >= 4 is 5.91 Å². The molecule has 0 radical (unpaired) electrons. The maximum atomic E-state index is 13.8. The lowest BCUT2D eigenvalue weighted by molar-refractivity contribution is 0.0727. The number of amides is 1. The van der Waals surface area contributed by atoms with E-state index in [-0.39, 0.29) is 11.9 Å². The van der Waals surface area contributed by atoms with Gasteiger partial charge >= 0.3 is 0 Å². The predicted molar refractivity (Wildman–Crippen MR) is 127 cm³/mol. The van der Waals surface area contributed by atoms with E-state index in [1.165, 1.54) is 4.80 Å². The predicted octanol–water partition coefficient (Wildman–Crippen LogP) is 3.93. The van der Waals surface area contributed by atoms with Crippen LogP contribution in [-0.4, -0.2) is 56.7 Å². The average molecular weight is 475 g/mol. The summed E-state index contributed by atoms with van der Waals surface area (Å²) in [7, 11) is 3.19. The lowest BCUT2D eigenvalue weighted by Gasteiger charge is -2.24. The van der Waals surface area contributed by atoms with Crippen LogP contribution in [0.3, 0.4) is 0 Å². The zero-order chi connectivity index (χ0) is 24.5. The highest BCUT2D eigenvalue weighted by Crippen LogP contribution is 2.36. The SMILES string of the molecule is COc1cc(C(=O)N2CCC[C@H]2c2noc(-c3cc(C)ccc3OC)n2)c(-n2nccn2)cc1C. The second-order valence-corrected chi connectivity index (χ2v) is 8.48. The van der Waals surface area contributed by atoms with Crippen molar-refractivity contribution in [3.8, 4) is 28.6 Å². The van der Waals surface area contributed by atoms with Crippen LogP contribution in [0.1, 0.15) is 46.2 Å². The summed E-state index contributed by atoms with van der Waals surface area (Å²) in [6.07, 6.45) is 4.71. The van der Waals surface area contributed by atoms with Crippen LogP contribution < -0.4 is 9.47 Å². The van der Waals surface area contributed by atoms with Gasteiger partial charge in [-0.15, -0.1) is 0 Å². The van der Waals surface area contributed by atoms with E-state index in [2.05, 4.69) is 20.3 Å². The topological polar surface area (TPSA) is 108 Å². The second kappa shape index (κ2) is 9.21. The van der Waals surface area contributed by atoms with Gasteiger partial charge in [-0.05, 0) is 56.5 Å². The summed E-state index contributed by atoms with van der Waals surface area (Å²) in [6, 6.07) is 9.05. The van der Waals surface area contributed by atoms with E-state index in [0.717, 1.165) is 29.5 Å². The van der Waals surface area contributed by atoms with Crippen LogP contribution in [0.5, 0.6) is 11.5 Å². The number of carbonyl (C=O) groups is 1. The van der Waals surface area contributed by atoms with Gasteiger partial charge in [0.1, 0.15) is 11.5 Å². The summed E-state index contributed by atoms with van der Waals surface area (Å²) in [5, 5.41) is 12.7. The van der Waals surface area contributed by atoms with Crippen LogP contribution in [-0.2, 0) is 0 Å². The Morgan fingerprint density at radius 1 is 1.06 bits per heavy atom. The zero-order valence-electron chi connectivity index (χ0n) is 20.1. The van der Waals surface area contributed by atoms with Crippen molar-refractivity contribution in [3.63, 3.8) is 0 Å². The Morgan fingerprint density at radius 3 is 2.57 bits per heavy atom. The van der Waals surface area contributed by atoms with Crippen molar-refractivity contribution in [2.75, 3.05) is 20.8 Å². The van der Waals surface area contributed by atoms with E-state index >= 15 is 0 Å². The Labute approximate surface area is 202 Å². The molecule has 0 spiro atoms. The number of hydrogen-bond acceptors (Lipinski definition) is 8. The largest absolute Gasteiger partial charge is 0.496 e. The van der Waals surface area contributed by atoms with E-state index in [1.54, 1.807) is 37.6 Å². The summed E-state index contributed by atoms with van der Waals surface area (Å²) in [5.41, 5.74) is 3.68. The fraction of sp³-hybridized carbons (Fsp3) is 0.320. The Morgan fingerprint density at radius 2 is 1.83 bits per heavy atom. The highest BCUT2D eigenvalue weighted by molar-refractivity contribution is 5.98. The lowest BCUT2D eigenvalue weighted by Crippen LogP contribution is -2.32. The molecule has 1 aliphatic heterocycles. The number of hydrogen-bond donors (Lipinski definition) is 0. The maximum absolute atomic E-state index is 13.8. The van der Waals surface area contributed by atoms with Crippen molar-refractivity contribution in [1.82, 2.24) is 30.0 Å². The molecule has 2 aromatic carbocycles. The Bertz CT molecular complexity index is 1360. The molecule has 1 fully saturated rings. The lowest BCUT2D eigenvalue weighted by atomic mass is 10.1. The molecule has 2 aromatic heterocycles. The number of likely N-dealkylation sites (tertiary alicyclic amines) is 1. The summed E-state index contributed by atoms with van der Waals surface area (Å²) in [5.74, 6) is 1.92. The first-order chi connectivity index (χ1) is 17.0. The van der Waals surface area contributed by atoms with Crippen molar-refractivity contribution in [2.24, 2.45) is 0 Å². The average Bonchev–Trinajstić information content (AvgIpc) is 3.64. The molecule has 5 rings (SSSR count). The van der Waals surface area contributed by atoms with Gasteiger partial charge < -0.3 is 18.9 Å². The zero-order valence-corrected chi connectivity index (χ0v) is 20.1. The highest BCUT2D eigenvalue weighted by atomic mass is 16.5. The summed E-state index contributed by atoms with van der Waals surface area (Å²) in [6.45, 7) is 4.47. The molecule has 10 nitrogen and oxygen atoms in total. The molecular formula is C25H26N6O4. The van der Waals surface area contributed by atoms with Gasteiger partial charge in [0.25, 0.3) is 11.8 Å². The highest BCUT2D eigenvalue weighted by Gasteiger charge is 2.35. The third-order valence-electron chi connectivity index (χ3n) is 6.22. The van der Waals surface area contributed by atoms with Gasteiger partial charge in [-0.1, -0.05) is 16.8 Å². The van der Waals surface area contributed by atoms with Gasteiger partial charge in [0, 0.05) is 6.54 Å². The molecule has 4 aromatic rings. The van der Waals surface area contributed by atoms with E-state index in [4.69, 9.17) is 14.0 Å². The van der Waals surface area contributed by atoms with Crippen LogP contribution in [0.15, 0.2) is 47.2 Å². The number of carbonyl (C=O) groups excluding carboxylic acids is 1. The third kappa shape index (κ3) is 4.11. The molecule has 0 unspecified atom stereocenters. The minimum atomic E-state index is -0.318. The number of aryl methyl sites for hydroxylation is 2. The first kappa shape index (κ1) is 22.6. The van der Waals surface area contributed by atoms with E-state index in [0.29, 0.717) is 41.0 Å². The van der Waals surface area contributed by atoms with Crippen LogP contribution in [0.25, 0.3) is 17.1 Å². The van der Waals surface area contributed by atoms with E-state index < -0.39 is 0 Å². The number of rotatable bonds is 6. The molecule has 0 aliphatic carbocycles. The quantitative estimate of drug-likeness (QED) is 0.414. The van der Waals surface area contributed by atoms with Crippen LogP contribution in [0.2, 0.25) is 0 Å². The minimum Gasteiger partial charge on any atom is -0.496 e. The van der Waals surface area contributed by atoms with Gasteiger partial charge in [0.05, 0.1) is 49.5 Å². The summed E-state index contributed by atoms with van der Waals surface area (Å²) < 4.78 is 16.6. The molecule has 1 atom stereocenters. The molecule has 1 aliphatic rings. The van der Waals surface area contributed by atoms with Crippen LogP contribution in [0, 0.1) is 13.8 Å². The normalized spacial score (nSPS) is 15.4. The molecule has 0 saturated carbocycles. The minimum absolute atomic E-state index is 0.169. The molecular weight excluding hydrogens is 448 g/mol. The van der Waals surface area contributed by atoms with Crippen molar-refractivity contribution < 1.29 is 18.8 Å². The first-order valence-electron chi connectivity index (χ1n) is 11.3. The molecule has 0 N–H and O–H groups in total. The molecule has 180 valence electrons. The second-order valence-electron chi connectivity index (χ2n) is 8.48. The van der Waals surface area contributed by atoms with Gasteiger partial charge in [-0.3, -0.25) is 4.79 Å². The third-order valence-corrected chi connectivity index (χ3v) is 6.22. The Kier molecular flexibility index (Phi) is 5.94. The molecule has 1 saturated heterocycles. The first-order valence-corrected chi connectivity index (χ1v) is 11.3. The van der Waals surface area contributed by atoms with Gasteiger partial charge in [-0.25, -0.2) is 0 Å². The van der Waals surface area contributed by atoms with Gasteiger partial charge in [-0.2, -0.15) is 20.0 Å². The molecule has 10 heteroatoms. The van der Waals surface area contributed by atoms with Gasteiger partial charge in [0.15, 0.2) is 5.82 Å². The summed E-state index contributed by atoms with van der Waals surface area (Å²) in [4.78, 5) is 21.7. The fourth-order valence-electron chi connectivity index (χ4n) is 4.47. The Balaban J connectivity index is 1.50. The number of methoxy groups -OCH3 is 2. The Hall–Kier alpha value is -4.21. The van der Waals surface area contributed by atoms with Crippen LogP contribution >= 0.6 is 0 Å². The smallest absolute Gasteiger partial charge is 0.261 e. The van der Waals surface area contributed by atoms with Crippen molar-refractivity contribution in [2.45, 2.75) is 32.7 Å². The maximum Gasteiger partial charge on any atom is 0.261 e. The van der Waals surface area contributed by atoms with Gasteiger partial charge in [0.2, 0.25) is 0 Å². The van der Waals surface area contributed by atoms with Crippen LogP contribution in [0.4, 0.5) is 0 Å². The van der Waals surface area contributed by atoms with Crippen molar-refractivity contribution in [3.05, 3.63) is 65.2 Å². The van der Waals surface area contributed by atoms with E-state index in [1.807, 2.05) is 38.1 Å². The van der Waals surface area contributed by atoms with E-state index in [9.17, 15) is 4.79 Å². The fourth-order valence-corrected chi connectivity index (χ4v) is 4.47. The summed E-state index contributed by atoms with van der Waals surface area (Å²) >= 11 is 0. The molecule has 35 heavy (non-hydrogen) atoms. The molecule has 3 heterocycles. The number of nitrogens with zero attached hydrogens (tertiary/aromatic N) is 6.